The van der Waals surface area contributed by atoms with Crippen LogP contribution in [0.2, 0.25) is 0 Å². The molecule has 0 atom stereocenters. The lowest BCUT2D eigenvalue weighted by Gasteiger charge is -2.00. The molecular weight excluding hydrogens is 242 g/mol. The molecule has 1 N–H and O–H groups in total. The zero-order valence-corrected chi connectivity index (χ0v) is 10.0. The Hall–Kier alpha value is -1.81. The molecule has 0 saturated heterocycles. The maximum Gasteiger partial charge on any atom is 0.364 e. The van der Waals surface area contributed by atoms with Crippen molar-refractivity contribution in [2.45, 2.75) is 18.5 Å². The van der Waals surface area contributed by atoms with Crippen molar-refractivity contribution in [2.75, 3.05) is 12.4 Å². The van der Waals surface area contributed by atoms with Crippen molar-refractivity contribution in [1.82, 2.24) is 15.2 Å². The van der Waals surface area contributed by atoms with E-state index in [-0.39, 0.29) is 12.3 Å². The molecule has 0 aromatic carbocycles. The third kappa shape index (κ3) is 3.92. The van der Waals surface area contributed by atoms with Gasteiger partial charge in [-0.1, -0.05) is 11.8 Å². The van der Waals surface area contributed by atoms with E-state index < -0.39 is 11.5 Å². The standard InChI is InChI=1S/C10H11N3O3S/c1-3-5-6-17-10-11-8(14)7(12-13-10)9(15)16-4-2/h1H,4-6H2,2H3,(H,11,13,14). The fourth-order valence-corrected chi connectivity index (χ4v) is 1.60. The monoisotopic (exact) mass is 253 g/mol. The summed E-state index contributed by atoms with van der Waals surface area (Å²) in [6.45, 7) is 1.82. The number of H-pyrrole nitrogens is 1. The van der Waals surface area contributed by atoms with E-state index in [1.54, 1.807) is 6.92 Å². The molecule has 0 fully saturated rings. The Labute approximate surface area is 102 Å². The van der Waals surface area contributed by atoms with Crippen LogP contribution in [0.3, 0.4) is 0 Å². The van der Waals surface area contributed by atoms with Gasteiger partial charge >= 0.3 is 5.97 Å². The van der Waals surface area contributed by atoms with E-state index in [2.05, 4.69) is 25.8 Å². The fourth-order valence-electron chi connectivity index (χ4n) is 0.927. The summed E-state index contributed by atoms with van der Waals surface area (Å²) < 4.78 is 4.65. The van der Waals surface area contributed by atoms with E-state index in [1.807, 2.05) is 0 Å². The van der Waals surface area contributed by atoms with Crippen LogP contribution in [-0.2, 0) is 4.74 Å². The molecule has 0 amide bonds. The van der Waals surface area contributed by atoms with Crippen LogP contribution < -0.4 is 5.56 Å². The van der Waals surface area contributed by atoms with E-state index >= 15 is 0 Å². The van der Waals surface area contributed by atoms with Crippen molar-refractivity contribution >= 4 is 17.7 Å². The van der Waals surface area contributed by atoms with Gasteiger partial charge in [-0.05, 0) is 6.92 Å². The van der Waals surface area contributed by atoms with Gasteiger partial charge in [-0.2, -0.15) is 0 Å². The van der Waals surface area contributed by atoms with Crippen LogP contribution in [0.1, 0.15) is 23.8 Å². The summed E-state index contributed by atoms with van der Waals surface area (Å²) >= 11 is 1.27. The predicted octanol–water partition coefficient (Wildman–Crippen LogP) is 0.457. The number of carbonyl (C=O) groups is 1. The lowest BCUT2D eigenvalue weighted by molar-refractivity contribution is 0.0515. The number of carbonyl (C=O) groups excluding carboxylic acids is 1. The first-order valence-corrected chi connectivity index (χ1v) is 5.88. The van der Waals surface area contributed by atoms with Crippen molar-refractivity contribution in [3.63, 3.8) is 0 Å². The summed E-state index contributed by atoms with van der Waals surface area (Å²) in [6, 6.07) is 0. The van der Waals surface area contributed by atoms with Crippen LogP contribution in [0.4, 0.5) is 0 Å². The summed E-state index contributed by atoms with van der Waals surface area (Å²) in [4.78, 5) is 25.2. The number of rotatable bonds is 5. The number of nitrogens with one attached hydrogen (secondary N) is 1. The van der Waals surface area contributed by atoms with Gasteiger partial charge in [0.25, 0.3) is 5.56 Å². The summed E-state index contributed by atoms with van der Waals surface area (Å²) in [5.74, 6) is 2.31. The number of ether oxygens (including phenoxy) is 1. The average molecular weight is 253 g/mol. The molecule has 0 aliphatic heterocycles. The molecule has 1 aromatic heterocycles. The second-order valence-corrected chi connectivity index (χ2v) is 3.91. The van der Waals surface area contributed by atoms with Gasteiger partial charge < -0.3 is 4.74 Å². The topological polar surface area (TPSA) is 84.9 Å². The number of aromatic nitrogens is 3. The Bertz CT molecular complexity index is 492. The largest absolute Gasteiger partial charge is 0.461 e. The molecule has 0 unspecified atom stereocenters. The highest BCUT2D eigenvalue weighted by Crippen LogP contribution is 2.10. The van der Waals surface area contributed by atoms with Crippen molar-refractivity contribution in [1.29, 1.82) is 0 Å². The Kier molecular flexibility index (Phi) is 5.23. The molecule has 90 valence electrons. The van der Waals surface area contributed by atoms with Gasteiger partial charge in [0.2, 0.25) is 5.69 Å². The van der Waals surface area contributed by atoms with Crippen molar-refractivity contribution in [2.24, 2.45) is 0 Å². The number of esters is 1. The molecule has 17 heavy (non-hydrogen) atoms. The molecule has 1 rings (SSSR count). The summed E-state index contributed by atoms with van der Waals surface area (Å²) in [5.41, 5.74) is -0.949. The van der Waals surface area contributed by atoms with Crippen molar-refractivity contribution in [3.05, 3.63) is 16.0 Å². The lowest BCUT2D eigenvalue weighted by Crippen LogP contribution is -2.23. The minimum absolute atomic E-state index is 0.179. The molecule has 0 saturated carbocycles. The van der Waals surface area contributed by atoms with Gasteiger partial charge in [0, 0.05) is 12.2 Å². The van der Waals surface area contributed by atoms with Crippen molar-refractivity contribution < 1.29 is 9.53 Å². The highest BCUT2D eigenvalue weighted by Gasteiger charge is 2.14. The summed E-state index contributed by atoms with van der Waals surface area (Å²) in [6.07, 6.45) is 5.65. The molecule has 0 radical (unpaired) electrons. The van der Waals surface area contributed by atoms with E-state index in [9.17, 15) is 9.59 Å². The van der Waals surface area contributed by atoms with Crippen LogP contribution >= 0.6 is 11.8 Å². The molecule has 0 aliphatic rings. The Balaban J connectivity index is 2.76. The highest BCUT2D eigenvalue weighted by atomic mass is 32.2. The molecule has 7 heteroatoms. The third-order valence-corrected chi connectivity index (χ3v) is 2.50. The maximum absolute atomic E-state index is 11.5. The molecule has 0 aliphatic carbocycles. The molecule has 0 bridgehead atoms. The van der Waals surface area contributed by atoms with E-state index in [4.69, 9.17) is 6.42 Å². The highest BCUT2D eigenvalue weighted by molar-refractivity contribution is 7.99. The van der Waals surface area contributed by atoms with E-state index in [1.165, 1.54) is 11.8 Å². The number of nitrogens with zero attached hydrogens (tertiary/aromatic N) is 2. The zero-order chi connectivity index (χ0) is 12.7. The lowest BCUT2D eigenvalue weighted by atomic mass is 10.5. The minimum atomic E-state index is -0.776. The fraction of sp³-hybridized carbons (Fsp3) is 0.400. The summed E-state index contributed by atoms with van der Waals surface area (Å²) in [7, 11) is 0. The maximum atomic E-state index is 11.5. The van der Waals surface area contributed by atoms with Gasteiger partial charge in [-0.25, -0.2) is 4.79 Å². The Morgan fingerprint density at radius 1 is 1.59 bits per heavy atom. The first-order valence-electron chi connectivity index (χ1n) is 4.89. The number of thioether (sulfide) groups is 1. The SMILES string of the molecule is C#CCCSc1nnc(C(=O)OCC)c(=O)[nH]1. The zero-order valence-electron chi connectivity index (χ0n) is 9.23. The Morgan fingerprint density at radius 2 is 2.35 bits per heavy atom. The van der Waals surface area contributed by atoms with Crippen LogP contribution in [-0.4, -0.2) is 33.5 Å². The second-order valence-electron chi connectivity index (χ2n) is 2.83. The molecule has 1 heterocycles. The second kappa shape index (κ2) is 6.70. The van der Waals surface area contributed by atoms with Gasteiger partial charge in [0.1, 0.15) is 0 Å². The van der Waals surface area contributed by atoms with E-state index in [0.717, 1.165) is 0 Å². The normalized spacial score (nSPS) is 9.65. The Morgan fingerprint density at radius 3 is 2.94 bits per heavy atom. The minimum Gasteiger partial charge on any atom is -0.461 e. The first-order chi connectivity index (χ1) is 8.19. The molecule has 0 spiro atoms. The number of hydrogen-bond acceptors (Lipinski definition) is 6. The third-order valence-electron chi connectivity index (χ3n) is 1.63. The smallest absolute Gasteiger partial charge is 0.364 e. The van der Waals surface area contributed by atoms with Crippen LogP contribution in [0, 0.1) is 12.3 Å². The molecular formula is C10H11N3O3S. The van der Waals surface area contributed by atoms with Gasteiger partial charge in [0.15, 0.2) is 5.16 Å². The predicted molar refractivity (Wildman–Crippen MR) is 62.8 cm³/mol. The average Bonchev–Trinajstić information content (AvgIpc) is 2.29. The van der Waals surface area contributed by atoms with Gasteiger partial charge in [-0.3, -0.25) is 9.78 Å². The van der Waals surface area contributed by atoms with Crippen molar-refractivity contribution in [3.8, 4) is 12.3 Å². The molecule has 6 nitrogen and oxygen atoms in total. The van der Waals surface area contributed by atoms with Crippen LogP contribution in [0.5, 0.6) is 0 Å². The van der Waals surface area contributed by atoms with Crippen LogP contribution in [0.15, 0.2) is 9.95 Å². The van der Waals surface area contributed by atoms with Gasteiger partial charge in [-0.15, -0.1) is 22.5 Å². The number of aromatic amines is 1. The summed E-state index contributed by atoms with van der Waals surface area (Å²) in [5, 5.41) is 7.57. The first kappa shape index (κ1) is 13.3. The van der Waals surface area contributed by atoms with E-state index in [0.29, 0.717) is 17.3 Å². The van der Waals surface area contributed by atoms with Crippen LogP contribution in [0.25, 0.3) is 0 Å². The molecule has 1 aromatic rings. The quantitative estimate of drug-likeness (QED) is 0.355. The van der Waals surface area contributed by atoms with Gasteiger partial charge in [0.05, 0.1) is 6.61 Å². The number of hydrogen-bond donors (Lipinski definition) is 1. The number of terminal acetylenes is 1.